The average molecular weight is 773 g/mol. The number of esters is 1. The highest BCUT2D eigenvalue weighted by Gasteiger charge is 2.54. The van der Waals surface area contributed by atoms with Crippen molar-refractivity contribution in [3.8, 4) is 23.0 Å². The second kappa shape index (κ2) is 18.3. The molecule has 2 aromatic carbocycles. The van der Waals surface area contributed by atoms with Gasteiger partial charge in [-0.1, -0.05) is 12.1 Å². The minimum Gasteiger partial charge on any atom is -0.504 e. The number of carbonyl (C=O) groups excluding carboxylic acids is 1. The summed E-state index contributed by atoms with van der Waals surface area (Å²) in [7, 11) is 0. The summed E-state index contributed by atoms with van der Waals surface area (Å²) < 4.78 is 40.0. The van der Waals surface area contributed by atoms with Crippen LogP contribution in [0.4, 0.5) is 0 Å². The van der Waals surface area contributed by atoms with Gasteiger partial charge in [-0.05, 0) is 47.9 Å². The van der Waals surface area contributed by atoms with Gasteiger partial charge in [0.25, 0.3) is 0 Å². The molecular formula is C34H44O20. The highest BCUT2D eigenvalue weighted by atomic mass is 16.8. The number of carbonyl (C=O) groups is 1. The van der Waals surface area contributed by atoms with E-state index in [1.807, 2.05) is 0 Å². The van der Waals surface area contributed by atoms with Crippen molar-refractivity contribution >= 4 is 12.0 Å². The lowest BCUT2D eigenvalue weighted by atomic mass is 9.96. The molecule has 14 atom stereocenters. The number of rotatable bonds is 13. The summed E-state index contributed by atoms with van der Waals surface area (Å²) >= 11 is 0. The zero-order chi connectivity index (χ0) is 39.3. The van der Waals surface area contributed by atoms with Gasteiger partial charge in [0.15, 0.2) is 41.9 Å². The highest BCUT2D eigenvalue weighted by molar-refractivity contribution is 5.87. The van der Waals surface area contributed by atoms with Gasteiger partial charge in [-0.15, -0.1) is 0 Å². The van der Waals surface area contributed by atoms with E-state index < -0.39 is 123 Å². The maximum absolute atomic E-state index is 12.7. The van der Waals surface area contributed by atoms with Crippen molar-refractivity contribution in [3.05, 3.63) is 53.6 Å². The fourth-order valence-electron chi connectivity index (χ4n) is 5.89. The lowest BCUT2D eigenvalue weighted by Gasteiger charge is -2.48. The number of hydrogen-bond acceptors (Lipinski definition) is 20. The van der Waals surface area contributed by atoms with Gasteiger partial charge in [-0.25, -0.2) is 4.79 Å². The third kappa shape index (κ3) is 9.74. The van der Waals surface area contributed by atoms with E-state index in [4.69, 9.17) is 33.2 Å². The zero-order valence-corrected chi connectivity index (χ0v) is 28.4. The molecule has 3 heterocycles. The van der Waals surface area contributed by atoms with Gasteiger partial charge in [-0.3, -0.25) is 0 Å². The van der Waals surface area contributed by atoms with E-state index in [0.29, 0.717) is 11.1 Å². The number of ether oxygens (including phenoxy) is 7. The van der Waals surface area contributed by atoms with Crippen LogP contribution in [0.3, 0.4) is 0 Å². The topological polar surface area (TPSA) is 324 Å². The quantitative estimate of drug-likeness (QED) is 0.0532. The molecule has 20 nitrogen and oxygen atoms in total. The van der Waals surface area contributed by atoms with E-state index in [-0.39, 0.29) is 24.5 Å². The number of hydrogen-bond donors (Lipinski definition) is 12. The largest absolute Gasteiger partial charge is 0.504 e. The molecule has 3 aliphatic heterocycles. The minimum atomic E-state index is -1.96. The molecule has 0 unspecified atom stereocenters. The van der Waals surface area contributed by atoms with Gasteiger partial charge >= 0.3 is 5.97 Å². The second-order valence-corrected chi connectivity index (χ2v) is 12.8. The van der Waals surface area contributed by atoms with Crippen LogP contribution >= 0.6 is 0 Å². The first kappa shape index (κ1) is 41.5. The summed E-state index contributed by atoms with van der Waals surface area (Å²) in [6.07, 6.45) is -21.8. The SMILES string of the molecule is O=C(C=Cc1ccc(O)c(O)c1)OC[C@@H]1O[C@H](OCCc2ccc(O)c(O)c2)[C@@H](O[C@H]2OC[C@@H](O)[C@@H](O)[C@@H]2O)[C@H](O[C@H]2O[C@@H](CO)[C@H](O)[C@@H](O)[C@@H]2O)[C@H]1O. The summed E-state index contributed by atoms with van der Waals surface area (Å²) in [5.41, 5.74) is 0.819. The molecule has 12 N–H and O–H groups in total. The Morgan fingerprint density at radius 2 is 1.35 bits per heavy atom. The van der Waals surface area contributed by atoms with Crippen LogP contribution < -0.4 is 0 Å². The first-order valence-corrected chi connectivity index (χ1v) is 16.8. The molecule has 3 fully saturated rings. The van der Waals surface area contributed by atoms with Crippen LogP contribution in [0.2, 0.25) is 0 Å². The standard InChI is InChI=1S/C34H44O20/c35-11-21-25(43)27(45)29(47)33(51-21)53-30-26(44)22(13-49-23(41)6-3-14-1-4-16(36)18(38)9-14)52-34(48-8-7-15-2-5-17(37)19(39)10-15)31(30)54-32-28(46)24(42)20(40)12-50-32/h1-6,9-10,20-22,24-40,42-47H,7-8,11-13H2/t20-,21+,22+,24-,25+,26+,27-,28+,29+,30-,31+,32-,33-,34+/m1/s1. The Bertz CT molecular complexity index is 1570. The van der Waals surface area contributed by atoms with Gasteiger partial charge in [-0.2, -0.15) is 0 Å². The number of benzene rings is 2. The Labute approximate surface area is 306 Å². The van der Waals surface area contributed by atoms with Gasteiger partial charge in [0.05, 0.1) is 19.8 Å². The summed E-state index contributed by atoms with van der Waals surface area (Å²) in [5, 5.41) is 123. The number of phenols is 4. The van der Waals surface area contributed by atoms with Crippen LogP contribution in [0, 0.1) is 0 Å². The molecule has 0 amide bonds. The van der Waals surface area contributed by atoms with Crippen LogP contribution in [0.15, 0.2) is 42.5 Å². The summed E-state index contributed by atoms with van der Waals surface area (Å²) in [6.45, 7) is -2.20. The lowest BCUT2D eigenvalue weighted by Crippen LogP contribution is -2.66. The van der Waals surface area contributed by atoms with Gasteiger partial charge in [0, 0.05) is 6.08 Å². The molecular weight excluding hydrogens is 728 g/mol. The van der Waals surface area contributed by atoms with Gasteiger partial charge in [0.1, 0.15) is 73.8 Å². The third-order valence-corrected chi connectivity index (χ3v) is 9.02. The van der Waals surface area contributed by atoms with E-state index in [1.54, 1.807) is 0 Å². The Morgan fingerprint density at radius 3 is 2.04 bits per heavy atom. The maximum atomic E-state index is 12.7. The summed E-state index contributed by atoms with van der Waals surface area (Å²) in [6, 6.07) is 7.81. The molecule has 0 aliphatic carbocycles. The molecule has 5 rings (SSSR count). The van der Waals surface area contributed by atoms with Gasteiger partial charge < -0.3 is 94.4 Å². The first-order chi connectivity index (χ1) is 25.7. The number of aromatic hydroxyl groups is 4. The molecule has 3 aliphatic rings. The maximum Gasteiger partial charge on any atom is 0.330 e. The number of phenolic OH excluding ortho intramolecular Hbond substituents is 4. The normalized spacial score (nSPS) is 35.9. The Balaban J connectivity index is 1.41. The average Bonchev–Trinajstić information content (AvgIpc) is 3.15. The molecule has 0 saturated carbocycles. The molecule has 0 spiro atoms. The molecule has 0 bridgehead atoms. The van der Waals surface area contributed by atoms with E-state index >= 15 is 0 Å². The fourth-order valence-corrected chi connectivity index (χ4v) is 5.89. The van der Waals surface area contributed by atoms with Crippen molar-refractivity contribution in [2.45, 2.75) is 92.4 Å². The van der Waals surface area contributed by atoms with E-state index in [1.165, 1.54) is 42.5 Å². The van der Waals surface area contributed by atoms with Crippen molar-refractivity contribution in [2.24, 2.45) is 0 Å². The van der Waals surface area contributed by atoms with E-state index in [0.717, 1.165) is 6.08 Å². The lowest BCUT2D eigenvalue weighted by molar-refractivity contribution is -0.386. The van der Waals surface area contributed by atoms with Crippen LogP contribution in [-0.2, 0) is 44.4 Å². The smallest absolute Gasteiger partial charge is 0.330 e. The van der Waals surface area contributed by atoms with E-state index in [2.05, 4.69) is 0 Å². The second-order valence-electron chi connectivity index (χ2n) is 12.8. The highest BCUT2D eigenvalue weighted by Crippen LogP contribution is 2.34. The molecule has 0 aromatic heterocycles. The molecule has 0 radical (unpaired) electrons. The predicted molar refractivity (Wildman–Crippen MR) is 175 cm³/mol. The first-order valence-electron chi connectivity index (χ1n) is 16.8. The molecule has 20 heteroatoms. The Hall–Kier alpha value is -3.71. The van der Waals surface area contributed by atoms with E-state index in [9.17, 15) is 66.1 Å². The molecule has 2 aromatic rings. The Morgan fingerprint density at radius 1 is 0.704 bits per heavy atom. The van der Waals surface area contributed by atoms with Crippen molar-refractivity contribution in [3.63, 3.8) is 0 Å². The molecule has 300 valence electrons. The monoisotopic (exact) mass is 772 g/mol. The minimum absolute atomic E-state index is 0.0892. The summed E-state index contributed by atoms with van der Waals surface area (Å²) in [5.74, 6) is -2.52. The number of aliphatic hydroxyl groups is 8. The molecule has 3 saturated heterocycles. The fraction of sp³-hybridized carbons (Fsp3) is 0.559. The predicted octanol–water partition coefficient (Wildman–Crippen LogP) is -3.58. The van der Waals surface area contributed by atoms with Crippen molar-refractivity contribution < 1.29 is 99.2 Å². The van der Waals surface area contributed by atoms with Gasteiger partial charge in [0.2, 0.25) is 0 Å². The van der Waals surface area contributed by atoms with Crippen molar-refractivity contribution in [1.82, 2.24) is 0 Å². The van der Waals surface area contributed by atoms with Crippen LogP contribution in [0.1, 0.15) is 11.1 Å². The van der Waals surface area contributed by atoms with Crippen molar-refractivity contribution in [2.75, 3.05) is 26.4 Å². The van der Waals surface area contributed by atoms with Crippen molar-refractivity contribution in [1.29, 1.82) is 0 Å². The molecule has 54 heavy (non-hydrogen) atoms. The van der Waals surface area contributed by atoms with Crippen LogP contribution in [0.5, 0.6) is 23.0 Å². The zero-order valence-electron chi connectivity index (χ0n) is 28.4. The number of aliphatic hydroxyl groups excluding tert-OH is 8. The summed E-state index contributed by atoms with van der Waals surface area (Å²) in [4.78, 5) is 12.7. The Kier molecular flexibility index (Phi) is 14.0. The van der Waals surface area contributed by atoms with Crippen LogP contribution in [0.25, 0.3) is 6.08 Å². The third-order valence-electron chi connectivity index (χ3n) is 9.02. The van der Waals surface area contributed by atoms with Crippen LogP contribution in [-0.4, -0.2) is 180 Å².